The average Bonchev–Trinajstić information content (AvgIpc) is 3.59. The molecule has 3 atom stereocenters. The maximum absolute atomic E-state index is 8.45. The molecular formula is C35H30Cl2NSiZr. The Balaban J connectivity index is 1.45. The van der Waals surface area contributed by atoms with Crippen LogP contribution in [0.3, 0.4) is 0 Å². The minimum absolute atomic E-state index is 0.0378. The van der Waals surface area contributed by atoms with E-state index in [1.165, 1.54) is 38.6 Å². The first kappa shape index (κ1) is 26.4. The fraction of sp³-hybridized carbons (Fsp3) is 0.114. The molecule has 197 valence electrons. The maximum atomic E-state index is 8.45. The van der Waals surface area contributed by atoms with E-state index < -0.39 is 21.5 Å². The molecule has 1 heterocycles. The molecule has 0 saturated heterocycles. The number of nitrogens with zero attached hydrogens (tertiary/aromatic N) is 1. The zero-order valence-corrected chi connectivity index (χ0v) is 27.7. The Morgan fingerprint density at radius 2 is 1.52 bits per heavy atom. The van der Waals surface area contributed by atoms with E-state index in [1.54, 1.807) is 0 Å². The number of aromatic nitrogens is 1. The zero-order chi connectivity index (χ0) is 27.5. The second-order valence-corrected chi connectivity index (χ2v) is 51.7. The van der Waals surface area contributed by atoms with Gasteiger partial charge < -0.3 is 0 Å². The number of hydrogen-bond acceptors (Lipinski definition) is 1. The molecule has 2 aliphatic carbocycles. The van der Waals surface area contributed by atoms with Crippen molar-refractivity contribution in [2.45, 2.75) is 20.7 Å². The molecule has 0 fully saturated rings. The molecule has 7 rings (SSSR count). The third-order valence-electron chi connectivity index (χ3n) is 9.25. The summed E-state index contributed by atoms with van der Waals surface area (Å²) in [6, 6.07) is 36.8. The summed E-state index contributed by atoms with van der Waals surface area (Å²) in [5.74, 6) is -1.85. The van der Waals surface area contributed by atoms with Gasteiger partial charge in [-0.1, -0.05) is 0 Å². The van der Waals surface area contributed by atoms with Crippen molar-refractivity contribution in [1.82, 2.24) is 4.98 Å². The number of allylic oxidation sites excluding steroid dienone is 2. The summed E-state index contributed by atoms with van der Waals surface area (Å²) in [5, 5.41) is 2.50. The molecule has 5 aromatic rings. The molecule has 3 unspecified atom stereocenters. The van der Waals surface area contributed by atoms with Gasteiger partial charge >= 0.3 is 247 Å². The molecule has 1 aromatic heterocycles. The topological polar surface area (TPSA) is 12.9 Å². The Bertz CT molecular complexity index is 1850. The molecule has 0 saturated carbocycles. The number of benzene rings is 4. The summed E-state index contributed by atoms with van der Waals surface area (Å²) >= 11 is -4.82. The van der Waals surface area contributed by atoms with Crippen molar-refractivity contribution >= 4 is 51.2 Å². The Morgan fingerprint density at radius 3 is 2.38 bits per heavy atom. The van der Waals surface area contributed by atoms with Gasteiger partial charge in [-0.2, -0.15) is 0 Å². The summed E-state index contributed by atoms with van der Waals surface area (Å²) in [7, 11) is 16.9. The van der Waals surface area contributed by atoms with Crippen LogP contribution >= 0.6 is 17.0 Å². The number of pyridine rings is 1. The number of para-hydroxylation sites is 1. The third kappa shape index (κ3) is 3.93. The predicted molar refractivity (Wildman–Crippen MR) is 173 cm³/mol. The summed E-state index contributed by atoms with van der Waals surface area (Å²) in [5.41, 5.74) is 9.69. The van der Waals surface area contributed by atoms with Crippen LogP contribution in [-0.4, -0.2) is 10.9 Å². The van der Waals surface area contributed by atoms with Crippen molar-refractivity contribution in [3.05, 3.63) is 143 Å². The Kier molecular flexibility index (Phi) is 6.44. The van der Waals surface area contributed by atoms with Crippen LogP contribution in [0.5, 0.6) is 0 Å². The van der Waals surface area contributed by atoms with Gasteiger partial charge in [0.2, 0.25) is 0 Å². The van der Waals surface area contributed by atoms with E-state index >= 15 is 0 Å². The second kappa shape index (κ2) is 9.78. The molecule has 2 aliphatic rings. The van der Waals surface area contributed by atoms with Crippen molar-refractivity contribution in [3.8, 4) is 11.1 Å². The van der Waals surface area contributed by atoms with Crippen LogP contribution in [0.4, 0.5) is 0 Å². The number of fused-ring (bicyclic) bond motifs is 3. The first-order valence-corrected chi connectivity index (χ1v) is 29.7. The van der Waals surface area contributed by atoms with Gasteiger partial charge in [0.15, 0.2) is 0 Å². The molecule has 0 radical (unpaired) electrons. The van der Waals surface area contributed by atoms with Crippen LogP contribution < -0.4 is 5.19 Å². The normalized spacial score (nSPS) is 19.5. The van der Waals surface area contributed by atoms with Crippen molar-refractivity contribution < 1.29 is 15.6 Å². The van der Waals surface area contributed by atoms with E-state index in [0.717, 1.165) is 16.5 Å². The van der Waals surface area contributed by atoms with E-state index in [0.29, 0.717) is 0 Å². The molecule has 0 bridgehead atoms. The fourth-order valence-corrected chi connectivity index (χ4v) is 46.5. The van der Waals surface area contributed by atoms with Crippen LogP contribution in [-0.2, 0) is 15.6 Å². The van der Waals surface area contributed by atoms with E-state index in [-0.39, 0.29) is 7.25 Å². The standard InChI is InChI=1S/C19H14N.C9H7.C7H9Si.2ClH.Zr/c1-13-9-14-6-4-7-17(18(14)10-13)16-11-15-5-2-3-8-19(15)20-12-16;1-2-5-9-7-3-6-8(9)4-1;1-8-7-5-3-2-4-6-7;;;/h2-12H,1H3;1-7H;2-6,8H,1H3;2*1H;/q;;;;;+2/p-2. The van der Waals surface area contributed by atoms with Gasteiger partial charge in [-0.25, -0.2) is 0 Å². The van der Waals surface area contributed by atoms with Gasteiger partial charge in [-0.15, -0.1) is 0 Å². The minimum atomic E-state index is -4.82. The van der Waals surface area contributed by atoms with E-state index in [4.69, 9.17) is 22.0 Å². The van der Waals surface area contributed by atoms with Gasteiger partial charge in [0.25, 0.3) is 0 Å². The zero-order valence-electron chi connectivity index (χ0n) is 22.6. The second-order valence-electron chi connectivity index (χ2n) is 11.4. The average molecular weight is 655 g/mol. The van der Waals surface area contributed by atoms with E-state index in [9.17, 15) is 0 Å². The van der Waals surface area contributed by atoms with E-state index in [2.05, 4.69) is 129 Å². The van der Waals surface area contributed by atoms with Crippen LogP contribution in [0.1, 0.15) is 36.4 Å². The first-order chi connectivity index (χ1) is 19.4. The van der Waals surface area contributed by atoms with Crippen molar-refractivity contribution in [1.29, 1.82) is 0 Å². The molecule has 0 spiro atoms. The molecular weight excluding hydrogens is 625 g/mol. The molecule has 1 nitrogen and oxygen atoms in total. The molecule has 0 N–H and O–H groups in total. The Morgan fingerprint density at radius 1 is 0.800 bits per heavy atom. The summed E-state index contributed by atoms with van der Waals surface area (Å²) in [6.45, 7) is 4.67. The quantitative estimate of drug-likeness (QED) is 0.172. The van der Waals surface area contributed by atoms with Crippen LogP contribution in [0.2, 0.25) is 6.55 Å². The predicted octanol–water partition coefficient (Wildman–Crippen LogP) is 9.39. The van der Waals surface area contributed by atoms with Gasteiger partial charge in [-0.05, 0) is 0 Å². The fourth-order valence-electron chi connectivity index (χ4n) is 7.24. The van der Waals surface area contributed by atoms with Gasteiger partial charge in [0.1, 0.15) is 0 Å². The van der Waals surface area contributed by atoms with Crippen molar-refractivity contribution in [3.63, 3.8) is 0 Å². The monoisotopic (exact) mass is 652 g/mol. The summed E-state index contributed by atoms with van der Waals surface area (Å²) < 4.78 is 0.101. The Hall–Kier alpha value is -2.55. The number of hydrogen-bond donors (Lipinski definition) is 0. The molecule has 5 heteroatoms. The molecule has 0 aliphatic heterocycles. The van der Waals surface area contributed by atoms with E-state index in [1.807, 2.05) is 12.3 Å². The summed E-state index contributed by atoms with van der Waals surface area (Å²) in [6.07, 6.45) is 8.94. The number of rotatable bonds is 5. The van der Waals surface area contributed by atoms with Crippen LogP contribution in [0.15, 0.2) is 121 Å². The van der Waals surface area contributed by atoms with Crippen LogP contribution in [0, 0.1) is 0 Å². The molecule has 4 aromatic carbocycles. The van der Waals surface area contributed by atoms with Crippen LogP contribution in [0.25, 0.3) is 34.2 Å². The van der Waals surface area contributed by atoms with Gasteiger partial charge in [0, 0.05) is 0 Å². The Labute approximate surface area is 245 Å². The van der Waals surface area contributed by atoms with Crippen molar-refractivity contribution in [2.24, 2.45) is 0 Å². The molecule has 40 heavy (non-hydrogen) atoms. The SMILES string of the molecule is CC1=Cc2c(-c3cnc4ccccc4c3)cccc2[CH]1[Zr]([Cl])([Cl])([CH]1C=Cc2ccccc21)[SiH](C)c1ccccc1. The molecule has 0 amide bonds. The third-order valence-corrected chi connectivity index (χ3v) is 56.8. The number of halogens is 2. The first-order valence-electron chi connectivity index (χ1n) is 13.9. The van der Waals surface area contributed by atoms with Gasteiger partial charge in [-0.3, -0.25) is 0 Å². The van der Waals surface area contributed by atoms with Crippen molar-refractivity contribution in [2.75, 3.05) is 0 Å². The summed E-state index contributed by atoms with van der Waals surface area (Å²) in [4.78, 5) is 4.78. The van der Waals surface area contributed by atoms with Gasteiger partial charge in [0.05, 0.1) is 0 Å².